The number of aromatic nitrogens is 2. The smallest absolute Gasteiger partial charge is 0.416 e. The molecule has 2 heterocycles. The maximum Gasteiger partial charge on any atom is 0.416 e. The van der Waals surface area contributed by atoms with E-state index in [1.54, 1.807) is 30.0 Å². The fourth-order valence-corrected chi connectivity index (χ4v) is 3.72. The molecule has 1 aliphatic rings. The van der Waals surface area contributed by atoms with Crippen molar-refractivity contribution in [3.8, 4) is 11.4 Å². The highest BCUT2D eigenvalue weighted by Gasteiger charge is 2.31. The Labute approximate surface area is 177 Å². The monoisotopic (exact) mass is 430 g/mol. The summed E-state index contributed by atoms with van der Waals surface area (Å²) >= 11 is 0. The van der Waals surface area contributed by atoms with Crippen molar-refractivity contribution in [3.63, 3.8) is 0 Å². The second-order valence-corrected chi connectivity index (χ2v) is 7.40. The molecule has 0 bridgehead atoms. The average Bonchev–Trinajstić information content (AvgIpc) is 3.14. The molecule has 1 saturated heterocycles. The zero-order valence-electron chi connectivity index (χ0n) is 16.8. The van der Waals surface area contributed by atoms with Gasteiger partial charge in [0.25, 0.3) is 5.91 Å². The zero-order valence-corrected chi connectivity index (χ0v) is 16.8. The van der Waals surface area contributed by atoms with Gasteiger partial charge in [-0.3, -0.25) is 4.79 Å². The first kappa shape index (κ1) is 20.8. The van der Waals surface area contributed by atoms with Crippen LogP contribution >= 0.6 is 0 Å². The number of anilines is 1. The Kier molecular flexibility index (Phi) is 5.34. The number of aromatic hydroxyl groups is 1. The van der Waals surface area contributed by atoms with Gasteiger partial charge in [-0.2, -0.15) is 18.3 Å². The summed E-state index contributed by atoms with van der Waals surface area (Å²) < 4.78 is 40.4. The summed E-state index contributed by atoms with van der Waals surface area (Å²) in [6, 6.07) is 11.8. The largest absolute Gasteiger partial charge is 0.508 e. The number of hydrogen-bond donors (Lipinski definition) is 1. The van der Waals surface area contributed by atoms with Crippen molar-refractivity contribution in [2.45, 2.75) is 13.1 Å². The van der Waals surface area contributed by atoms with E-state index in [0.717, 1.165) is 17.8 Å². The Bertz CT molecular complexity index is 1100. The number of nitrogens with zero attached hydrogens (tertiary/aromatic N) is 4. The van der Waals surface area contributed by atoms with Crippen molar-refractivity contribution in [1.82, 2.24) is 14.7 Å². The minimum Gasteiger partial charge on any atom is -0.508 e. The first-order valence-corrected chi connectivity index (χ1v) is 9.79. The number of phenols is 1. The Balaban J connectivity index is 1.49. The lowest BCUT2D eigenvalue weighted by Crippen LogP contribution is -2.48. The molecule has 0 unspecified atom stereocenters. The summed E-state index contributed by atoms with van der Waals surface area (Å²) in [6.45, 7) is 3.86. The molecule has 1 fully saturated rings. The lowest BCUT2D eigenvalue weighted by molar-refractivity contribution is -0.137. The number of rotatable bonds is 3. The third kappa shape index (κ3) is 4.21. The zero-order chi connectivity index (χ0) is 22.2. The summed E-state index contributed by atoms with van der Waals surface area (Å²) in [5, 5.41) is 13.8. The molecule has 1 aromatic heterocycles. The maximum atomic E-state index is 13.0. The Morgan fingerprint density at radius 2 is 1.68 bits per heavy atom. The molecule has 31 heavy (non-hydrogen) atoms. The molecule has 0 atom stereocenters. The van der Waals surface area contributed by atoms with E-state index in [1.807, 2.05) is 6.07 Å². The number of alkyl halides is 3. The van der Waals surface area contributed by atoms with Crippen molar-refractivity contribution >= 4 is 11.6 Å². The Morgan fingerprint density at radius 3 is 2.35 bits per heavy atom. The maximum absolute atomic E-state index is 13.0. The van der Waals surface area contributed by atoms with Gasteiger partial charge in [-0.15, -0.1) is 0 Å². The molecule has 2 aromatic carbocycles. The van der Waals surface area contributed by atoms with Gasteiger partial charge in [0.1, 0.15) is 5.75 Å². The lowest BCUT2D eigenvalue weighted by atomic mass is 10.1. The highest BCUT2D eigenvalue weighted by molar-refractivity contribution is 5.95. The molecule has 162 valence electrons. The number of amides is 1. The first-order valence-electron chi connectivity index (χ1n) is 9.79. The summed E-state index contributed by atoms with van der Waals surface area (Å²) in [5.74, 6) is -0.0140. The van der Waals surface area contributed by atoms with Crippen molar-refractivity contribution in [2.75, 3.05) is 31.1 Å². The van der Waals surface area contributed by atoms with E-state index < -0.39 is 11.7 Å². The van der Waals surface area contributed by atoms with Gasteiger partial charge in [-0.25, -0.2) is 4.68 Å². The van der Waals surface area contributed by atoms with Gasteiger partial charge in [0.05, 0.1) is 28.7 Å². The Hall–Kier alpha value is -3.49. The van der Waals surface area contributed by atoms with Crippen LogP contribution < -0.4 is 4.90 Å². The van der Waals surface area contributed by atoms with Crippen LogP contribution in [-0.4, -0.2) is 51.9 Å². The predicted molar refractivity (Wildman–Crippen MR) is 110 cm³/mol. The van der Waals surface area contributed by atoms with Gasteiger partial charge in [0, 0.05) is 37.9 Å². The predicted octanol–water partition coefficient (Wildman–Crippen LogP) is 3.87. The van der Waals surface area contributed by atoms with Crippen LogP contribution in [0.2, 0.25) is 0 Å². The van der Waals surface area contributed by atoms with Gasteiger partial charge < -0.3 is 14.9 Å². The van der Waals surface area contributed by atoms with Crippen LogP contribution in [0.15, 0.2) is 54.7 Å². The highest BCUT2D eigenvalue weighted by Crippen LogP contribution is 2.30. The quantitative estimate of drug-likeness (QED) is 0.686. The topological polar surface area (TPSA) is 61.6 Å². The van der Waals surface area contributed by atoms with Crippen molar-refractivity contribution in [1.29, 1.82) is 0 Å². The molecule has 0 radical (unpaired) electrons. The fraction of sp³-hybridized carbons (Fsp3) is 0.273. The van der Waals surface area contributed by atoms with Gasteiger partial charge >= 0.3 is 6.18 Å². The van der Waals surface area contributed by atoms with E-state index >= 15 is 0 Å². The van der Waals surface area contributed by atoms with Crippen LogP contribution in [-0.2, 0) is 6.18 Å². The van der Waals surface area contributed by atoms with Crippen molar-refractivity contribution in [2.24, 2.45) is 0 Å². The molecule has 1 N–H and O–H groups in total. The number of carbonyl (C=O) groups is 1. The number of halogens is 3. The number of piperazine rings is 1. The highest BCUT2D eigenvalue weighted by atomic mass is 19.4. The third-order valence-corrected chi connectivity index (χ3v) is 5.42. The number of hydrogen-bond acceptors (Lipinski definition) is 4. The molecular formula is C22H21F3N4O2. The van der Waals surface area contributed by atoms with Gasteiger partial charge in [0.15, 0.2) is 0 Å². The van der Waals surface area contributed by atoms with E-state index in [0.29, 0.717) is 37.4 Å². The summed E-state index contributed by atoms with van der Waals surface area (Å²) in [4.78, 5) is 16.8. The van der Waals surface area contributed by atoms with E-state index in [4.69, 9.17) is 0 Å². The fourth-order valence-electron chi connectivity index (χ4n) is 3.72. The lowest BCUT2D eigenvalue weighted by Gasteiger charge is -2.36. The van der Waals surface area contributed by atoms with Gasteiger partial charge in [-0.05, 0) is 37.3 Å². The van der Waals surface area contributed by atoms with Gasteiger partial charge in [0.2, 0.25) is 0 Å². The summed E-state index contributed by atoms with van der Waals surface area (Å²) in [7, 11) is 0. The van der Waals surface area contributed by atoms with Gasteiger partial charge in [-0.1, -0.05) is 12.1 Å². The minimum absolute atomic E-state index is 0.189. The SMILES string of the molecule is Cc1c(C(=O)N2CCN(c3cccc(O)c3)CC2)cnn1-c1cccc(C(F)(F)F)c1. The number of benzene rings is 2. The standard InChI is InChI=1S/C22H21F3N4O2/c1-15-20(14-26-29(15)18-6-2-4-16(12-18)22(23,24)25)21(31)28-10-8-27(9-11-28)17-5-3-7-19(30)13-17/h2-7,12-14,30H,8-11H2,1H3. The molecule has 0 spiro atoms. The summed E-state index contributed by atoms with van der Waals surface area (Å²) in [6.07, 6.45) is -3.05. The van der Waals surface area contributed by atoms with E-state index in [-0.39, 0.29) is 17.3 Å². The Morgan fingerprint density at radius 1 is 1.00 bits per heavy atom. The second-order valence-electron chi connectivity index (χ2n) is 7.40. The molecular weight excluding hydrogens is 409 g/mol. The normalized spacial score (nSPS) is 14.7. The van der Waals surface area contributed by atoms with Crippen LogP contribution in [0.3, 0.4) is 0 Å². The van der Waals surface area contributed by atoms with Crippen LogP contribution in [0.1, 0.15) is 21.6 Å². The van der Waals surface area contributed by atoms with Crippen LogP contribution in [0.4, 0.5) is 18.9 Å². The molecule has 1 aliphatic heterocycles. The van der Waals surface area contributed by atoms with E-state index in [2.05, 4.69) is 10.00 Å². The molecule has 3 aromatic rings. The molecule has 6 nitrogen and oxygen atoms in total. The van der Waals surface area contributed by atoms with Crippen LogP contribution in [0.25, 0.3) is 5.69 Å². The second kappa shape index (κ2) is 7.98. The first-order chi connectivity index (χ1) is 14.7. The van der Waals surface area contributed by atoms with Crippen molar-refractivity contribution < 1.29 is 23.1 Å². The van der Waals surface area contributed by atoms with E-state index in [9.17, 15) is 23.1 Å². The molecule has 9 heteroatoms. The van der Waals surface area contributed by atoms with Crippen molar-refractivity contribution in [3.05, 3.63) is 71.5 Å². The number of phenolic OH excluding ortho intramolecular Hbond substituents is 1. The third-order valence-electron chi connectivity index (χ3n) is 5.42. The molecule has 0 aliphatic carbocycles. The molecule has 4 rings (SSSR count). The van der Waals surface area contributed by atoms with Crippen LogP contribution in [0.5, 0.6) is 5.75 Å². The minimum atomic E-state index is -4.45. The number of carbonyl (C=O) groups excluding carboxylic acids is 1. The van der Waals surface area contributed by atoms with E-state index in [1.165, 1.54) is 23.0 Å². The molecule has 1 amide bonds. The van der Waals surface area contributed by atoms with Crippen LogP contribution in [0, 0.1) is 6.92 Å². The average molecular weight is 430 g/mol. The molecule has 0 saturated carbocycles. The summed E-state index contributed by atoms with van der Waals surface area (Å²) in [5.41, 5.74) is 1.22.